The third-order valence-electron chi connectivity index (χ3n) is 4.75. The normalized spacial score (nSPS) is 26.9. The Morgan fingerprint density at radius 2 is 1.86 bits per heavy atom. The Morgan fingerprint density at radius 1 is 1.14 bits per heavy atom. The van der Waals surface area contributed by atoms with E-state index < -0.39 is 0 Å². The van der Waals surface area contributed by atoms with Crippen molar-refractivity contribution in [3.63, 3.8) is 0 Å². The molecule has 1 saturated heterocycles. The van der Waals surface area contributed by atoms with Crippen LogP contribution >= 0.6 is 0 Å². The molecule has 1 amide bonds. The van der Waals surface area contributed by atoms with Crippen LogP contribution in [0.2, 0.25) is 0 Å². The van der Waals surface area contributed by atoms with Crippen LogP contribution < -0.4 is 0 Å². The first-order valence-corrected chi connectivity index (χ1v) is 7.91. The van der Waals surface area contributed by atoms with E-state index in [1.807, 2.05) is 30.3 Å². The predicted molar refractivity (Wildman–Crippen MR) is 79.7 cm³/mol. The lowest BCUT2D eigenvalue weighted by atomic mass is 9.82. The lowest BCUT2D eigenvalue weighted by molar-refractivity contribution is 0.0569. The summed E-state index contributed by atoms with van der Waals surface area (Å²) in [6, 6.07) is 9.67. The number of carbonyl (C=O) groups is 1. The van der Waals surface area contributed by atoms with Crippen LogP contribution in [0.4, 0.5) is 4.79 Å². The largest absolute Gasteiger partial charge is 0.443 e. The third kappa shape index (κ3) is 3.05. The van der Waals surface area contributed by atoms with Crippen molar-refractivity contribution in [3.05, 3.63) is 35.9 Å². The van der Waals surface area contributed by atoms with Crippen LogP contribution in [-0.2, 0) is 11.3 Å². The van der Waals surface area contributed by atoms with Crippen molar-refractivity contribution < 1.29 is 14.6 Å². The number of ether oxygens (including phenoxy) is 1. The van der Waals surface area contributed by atoms with E-state index >= 15 is 0 Å². The second kappa shape index (κ2) is 6.48. The summed E-state index contributed by atoms with van der Waals surface area (Å²) in [4.78, 5) is 13.9. The summed E-state index contributed by atoms with van der Waals surface area (Å²) in [6.45, 7) is 0.480. The topological polar surface area (TPSA) is 49.8 Å². The van der Waals surface area contributed by atoms with Gasteiger partial charge in [-0.15, -0.1) is 0 Å². The van der Waals surface area contributed by atoms with Gasteiger partial charge in [0.25, 0.3) is 0 Å². The quantitative estimate of drug-likeness (QED) is 0.927. The van der Waals surface area contributed by atoms with Crippen molar-refractivity contribution in [2.45, 2.75) is 50.8 Å². The summed E-state index contributed by atoms with van der Waals surface area (Å²) < 4.78 is 5.62. The predicted octanol–water partition coefficient (Wildman–Crippen LogP) is 2.95. The highest BCUT2D eigenvalue weighted by Gasteiger charge is 2.45. The number of aliphatic hydroxyl groups excluding tert-OH is 1. The second-order valence-electron chi connectivity index (χ2n) is 6.11. The summed E-state index contributed by atoms with van der Waals surface area (Å²) in [5.41, 5.74) is 1.07. The van der Waals surface area contributed by atoms with Crippen LogP contribution in [0, 0.1) is 5.92 Å². The molecule has 2 aliphatic rings. The molecular weight excluding hydrogens is 266 g/mol. The number of nitrogens with zero attached hydrogens (tertiary/aromatic N) is 1. The molecule has 4 nitrogen and oxygen atoms in total. The molecule has 2 atom stereocenters. The Kier molecular flexibility index (Phi) is 4.44. The minimum Gasteiger partial charge on any atom is -0.443 e. The van der Waals surface area contributed by atoms with Gasteiger partial charge in [0.1, 0.15) is 6.10 Å². The fourth-order valence-corrected chi connectivity index (χ4v) is 3.61. The van der Waals surface area contributed by atoms with E-state index in [0.29, 0.717) is 12.5 Å². The van der Waals surface area contributed by atoms with Gasteiger partial charge in [-0.3, -0.25) is 4.90 Å². The molecule has 0 radical (unpaired) electrons. The molecule has 1 N–H and O–H groups in total. The van der Waals surface area contributed by atoms with Gasteiger partial charge in [-0.2, -0.15) is 0 Å². The maximum Gasteiger partial charge on any atom is 0.410 e. The lowest BCUT2D eigenvalue weighted by Crippen LogP contribution is -2.42. The van der Waals surface area contributed by atoms with Crippen LogP contribution in [0.25, 0.3) is 0 Å². The fourth-order valence-electron chi connectivity index (χ4n) is 3.61. The van der Waals surface area contributed by atoms with Gasteiger partial charge >= 0.3 is 6.09 Å². The van der Waals surface area contributed by atoms with Crippen LogP contribution in [0.5, 0.6) is 0 Å². The zero-order valence-corrected chi connectivity index (χ0v) is 12.3. The smallest absolute Gasteiger partial charge is 0.410 e. The molecule has 0 spiro atoms. The summed E-state index contributed by atoms with van der Waals surface area (Å²) in [7, 11) is 0. The highest BCUT2D eigenvalue weighted by atomic mass is 16.6. The van der Waals surface area contributed by atoms with Crippen LogP contribution in [0.1, 0.15) is 37.7 Å². The number of aliphatic hydroxyl groups is 1. The second-order valence-corrected chi connectivity index (χ2v) is 6.11. The molecule has 1 aromatic rings. The van der Waals surface area contributed by atoms with E-state index in [9.17, 15) is 9.90 Å². The maximum atomic E-state index is 12.2. The molecule has 3 rings (SSSR count). The first-order valence-electron chi connectivity index (χ1n) is 7.91. The minimum absolute atomic E-state index is 0.0280. The summed E-state index contributed by atoms with van der Waals surface area (Å²) in [5.74, 6) is 0.403. The van der Waals surface area contributed by atoms with E-state index in [4.69, 9.17) is 4.74 Å². The van der Waals surface area contributed by atoms with Gasteiger partial charge in [-0.05, 0) is 24.3 Å². The van der Waals surface area contributed by atoms with Crippen LogP contribution in [0.3, 0.4) is 0 Å². The number of rotatable bonds is 4. The molecule has 4 heteroatoms. The molecule has 1 aliphatic carbocycles. The van der Waals surface area contributed by atoms with Crippen LogP contribution in [-0.4, -0.2) is 34.9 Å². The molecule has 0 bridgehead atoms. The standard InChI is InChI=1S/C17H23NO3/c19-12-15-16(14-9-5-2-6-10-14)21-17(20)18(15)11-13-7-3-1-4-8-13/h1,3-4,7-8,14-16,19H,2,5-6,9-12H2/t15-,16+/m1/s1. The van der Waals surface area contributed by atoms with Gasteiger partial charge in [0.2, 0.25) is 0 Å². The van der Waals surface area contributed by atoms with Gasteiger partial charge in [-0.1, -0.05) is 49.6 Å². The summed E-state index contributed by atoms with van der Waals surface area (Å²) >= 11 is 0. The van der Waals surface area contributed by atoms with Crippen molar-refractivity contribution in [1.29, 1.82) is 0 Å². The molecule has 2 fully saturated rings. The molecule has 1 aromatic carbocycles. The van der Waals surface area contributed by atoms with E-state index in [1.165, 1.54) is 19.3 Å². The molecule has 21 heavy (non-hydrogen) atoms. The van der Waals surface area contributed by atoms with Crippen molar-refractivity contribution in [2.75, 3.05) is 6.61 Å². The molecular formula is C17H23NO3. The van der Waals surface area contributed by atoms with Gasteiger partial charge in [-0.25, -0.2) is 4.79 Å². The summed E-state index contributed by atoms with van der Waals surface area (Å²) in [6.07, 6.45) is 5.46. The molecule has 0 unspecified atom stereocenters. The average molecular weight is 289 g/mol. The number of carbonyl (C=O) groups excluding carboxylic acids is 1. The average Bonchev–Trinajstić information content (AvgIpc) is 2.85. The van der Waals surface area contributed by atoms with Gasteiger partial charge in [0, 0.05) is 6.54 Å². The molecule has 1 aliphatic heterocycles. The Bertz CT molecular complexity index is 470. The van der Waals surface area contributed by atoms with E-state index in [0.717, 1.165) is 18.4 Å². The van der Waals surface area contributed by atoms with Crippen molar-refractivity contribution in [1.82, 2.24) is 4.90 Å². The van der Waals surface area contributed by atoms with Crippen molar-refractivity contribution in [2.24, 2.45) is 5.92 Å². The zero-order chi connectivity index (χ0) is 14.7. The van der Waals surface area contributed by atoms with Gasteiger partial charge in [0.05, 0.1) is 12.6 Å². The highest BCUT2D eigenvalue weighted by molar-refractivity contribution is 5.70. The maximum absolute atomic E-state index is 12.2. The van der Waals surface area contributed by atoms with E-state index in [-0.39, 0.29) is 24.8 Å². The monoisotopic (exact) mass is 289 g/mol. The molecule has 1 heterocycles. The summed E-state index contributed by atoms with van der Waals surface area (Å²) in [5, 5.41) is 9.76. The first kappa shape index (κ1) is 14.4. The first-order chi connectivity index (χ1) is 10.3. The Hall–Kier alpha value is -1.55. The van der Waals surface area contributed by atoms with Crippen molar-refractivity contribution in [3.8, 4) is 0 Å². The Morgan fingerprint density at radius 3 is 2.52 bits per heavy atom. The zero-order valence-electron chi connectivity index (χ0n) is 12.3. The highest BCUT2D eigenvalue weighted by Crippen LogP contribution is 2.35. The molecule has 114 valence electrons. The SMILES string of the molecule is O=C1O[C@@H](C2CCCCC2)[C@@H](CO)N1Cc1ccccc1. The third-order valence-corrected chi connectivity index (χ3v) is 4.75. The Balaban J connectivity index is 1.73. The molecule has 0 aromatic heterocycles. The van der Waals surface area contributed by atoms with E-state index in [2.05, 4.69) is 0 Å². The van der Waals surface area contributed by atoms with E-state index in [1.54, 1.807) is 4.90 Å². The lowest BCUT2D eigenvalue weighted by Gasteiger charge is -2.30. The number of hydrogen-bond donors (Lipinski definition) is 1. The van der Waals surface area contributed by atoms with Gasteiger partial charge < -0.3 is 9.84 Å². The molecule has 1 saturated carbocycles. The number of amides is 1. The van der Waals surface area contributed by atoms with Gasteiger partial charge in [0.15, 0.2) is 0 Å². The minimum atomic E-state index is -0.284. The van der Waals surface area contributed by atoms with Crippen molar-refractivity contribution >= 4 is 6.09 Å². The fraction of sp³-hybridized carbons (Fsp3) is 0.588. The number of cyclic esters (lactones) is 1. The number of benzene rings is 1. The number of hydrogen-bond acceptors (Lipinski definition) is 3. The van der Waals surface area contributed by atoms with Crippen LogP contribution in [0.15, 0.2) is 30.3 Å². The Labute approximate surface area is 125 Å².